The van der Waals surface area contributed by atoms with Crippen LogP contribution in [0.4, 0.5) is 0 Å². The highest BCUT2D eigenvalue weighted by molar-refractivity contribution is 5.81. The lowest BCUT2D eigenvalue weighted by Gasteiger charge is -2.09. The second-order valence-corrected chi connectivity index (χ2v) is 5.29. The van der Waals surface area contributed by atoms with Crippen LogP contribution < -0.4 is 4.74 Å². The zero-order valence-corrected chi connectivity index (χ0v) is 12.5. The second-order valence-electron chi connectivity index (χ2n) is 5.29. The number of aromatic nitrogens is 3. The van der Waals surface area contributed by atoms with Gasteiger partial charge in [-0.3, -0.25) is 0 Å². The third-order valence-corrected chi connectivity index (χ3v) is 3.24. The molecule has 0 atom stereocenters. The number of rotatable bonds is 5. The number of nitrogens with zero attached hydrogens (tertiary/aromatic N) is 3. The van der Waals surface area contributed by atoms with E-state index in [2.05, 4.69) is 32.9 Å². The van der Waals surface area contributed by atoms with Crippen molar-refractivity contribution in [1.82, 2.24) is 14.7 Å². The highest BCUT2D eigenvalue weighted by atomic mass is 16.5. The molecule has 5 nitrogen and oxygen atoms in total. The summed E-state index contributed by atoms with van der Waals surface area (Å²) in [5.74, 6) is 2.27. The van der Waals surface area contributed by atoms with E-state index in [-0.39, 0.29) is 6.10 Å². The van der Waals surface area contributed by atoms with Crippen LogP contribution in [0, 0.1) is 0 Å². The summed E-state index contributed by atoms with van der Waals surface area (Å²) in [4.78, 5) is 4.34. The maximum Gasteiger partial charge on any atom is 0.226 e. The predicted molar refractivity (Wildman–Crippen MR) is 80.5 cm³/mol. The quantitative estimate of drug-likeness (QED) is 0.720. The Kier molecular flexibility index (Phi) is 3.64. The molecule has 2 aromatic heterocycles. The molecule has 0 spiro atoms. The van der Waals surface area contributed by atoms with E-state index in [0.29, 0.717) is 18.3 Å². The molecule has 5 heteroatoms. The van der Waals surface area contributed by atoms with Crippen LogP contribution in [-0.4, -0.2) is 20.8 Å². The van der Waals surface area contributed by atoms with Crippen molar-refractivity contribution < 1.29 is 9.26 Å². The van der Waals surface area contributed by atoms with Gasteiger partial charge in [0, 0.05) is 23.5 Å². The minimum absolute atomic E-state index is 0.177. The third kappa shape index (κ3) is 2.91. The van der Waals surface area contributed by atoms with E-state index in [1.807, 2.05) is 33.0 Å². The van der Waals surface area contributed by atoms with Crippen molar-refractivity contribution in [2.24, 2.45) is 0 Å². The van der Waals surface area contributed by atoms with Crippen molar-refractivity contribution in [1.29, 1.82) is 0 Å². The Morgan fingerprint density at radius 1 is 1.29 bits per heavy atom. The lowest BCUT2D eigenvalue weighted by Crippen LogP contribution is -2.05. The van der Waals surface area contributed by atoms with Crippen LogP contribution in [0.3, 0.4) is 0 Å². The number of aryl methyl sites for hydroxylation is 1. The molecule has 0 radical (unpaired) electrons. The van der Waals surface area contributed by atoms with Crippen molar-refractivity contribution in [2.75, 3.05) is 0 Å². The molecule has 3 aromatic rings. The largest absolute Gasteiger partial charge is 0.491 e. The van der Waals surface area contributed by atoms with Gasteiger partial charge < -0.3 is 13.8 Å². The van der Waals surface area contributed by atoms with E-state index < -0.39 is 0 Å². The Balaban J connectivity index is 1.86. The van der Waals surface area contributed by atoms with Crippen molar-refractivity contribution in [3.8, 4) is 5.75 Å². The summed E-state index contributed by atoms with van der Waals surface area (Å²) < 4.78 is 13.0. The molecule has 0 aliphatic carbocycles. The van der Waals surface area contributed by atoms with Gasteiger partial charge in [-0.25, -0.2) is 0 Å². The third-order valence-electron chi connectivity index (χ3n) is 3.24. The first-order chi connectivity index (χ1) is 10.2. The molecule has 0 saturated carbocycles. The molecule has 0 N–H and O–H groups in total. The van der Waals surface area contributed by atoms with Gasteiger partial charge in [0.1, 0.15) is 5.75 Å². The van der Waals surface area contributed by atoms with Crippen molar-refractivity contribution >= 4 is 10.9 Å². The average molecular weight is 285 g/mol. The highest BCUT2D eigenvalue weighted by Crippen LogP contribution is 2.23. The van der Waals surface area contributed by atoms with Crippen LogP contribution in [-0.2, 0) is 13.0 Å². The van der Waals surface area contributed by atoms with Gasteiger partial charge in [0.15, 0.2) is 5.82 Å². The van der Waals surface area contributed by atoms with Gasteiger partial charge in [-0.1, -0.05) is 12.1 Å². The number of hydrogen-bond acceptors (Lipinski definition) is 4. The van der Waals surface area contributed by atoms with E-state index in [0.717, 1.165) is 23.1 Å². The molecule has 3 rings (SSSR count). The molecule has 0 unspecified atom stereocenters. The van der Waals surface area contributed by atoms with Crippen molar-refractivity contribution in [2.45, 2.75) is 39.8 Å². The van der Waals surface area contributed by atoms with Crippen molar-refractivity contribution in [3.63, 3.8) is 0 Å². The fourth-order valence-electron chi connectivity index (χ4n) is 2.31. The molecule has 0 aliphatic rings. The average Bonchev–Trinajstić information content (AvgIpc) is 3.06. The summed E-state index contributed by atoms with van der Waals surface area (Å²) >= 11 is 0. The van der Waals surface area contributed by atoms with Crippen LogP contribution in [0.25, 0.3) is 10.9 Å². The summed E-state index contributed by atoms with van der Waals surface area (Å²) in [6, 6.07) is 8.18. The summed E-state index contributed by atoms with van der Waals surface area (Å²) in [7, 11) is 0. The summed E-state index contributed by atoms with van der Waals surface area (Å²) in [5, 5.41) is 5.14. The molecule has 21 heavy (non-hydrogen) atoms. The molecule has 0 aliphatic heterocycles. The van der Waals surface area contributed by atoms with Crippen LogP contribution in [0.15, 0.2) is 35.0 Å². The molecular formula is C16H19N3O2. The Bertz CT molecular complexity index is 743. The topological polar surface area (TPSA) is 53.1 Å². The maximum atomic E-state index is 5.72. The first-order valence-electron chi connectivity index (χ1n) is 7.22. The van der Waals surface area contributed by atoms with Gasteiger partial charge in [-0.2, -0.15) is 4.98 Å². The predicted octanol–water partition coefficient (Wildman–Crippen LogP) is 3.42. The number of ether oxygens (including phenoxy) is 1. The molecule has 0 fully saturated rings. The van der Waals surface area contributed by atoms with E-state index in [4.69, 9.17) is 9.26 Å². The van der Waals surface area contributed by atoms with E-state index in [1.165, 1.54) is 0 Å². The minimum atomic E-state index is 0.177. The van der Waals surface area contributed by atoms with Gasteiger partial charge in [0.2, 0.25) is 5.89 Å². The molecule has 0 saturated heterocycles. The van der Waals surface area contributed by atoms with Gasteiger partial charge in [0.25, 0.3) is 0 Å². The van der Waals surface area contributed by atoms with E-state index in [1.54, 1.807) is 0 Å². The Labute approximate surface area is 123 Å². The number of hydrogen-bond donors (Lipinski definition) is 0. The molecule has 2 heterocycles. The standard InChI is InChI=1S/C16H19N3O2/c1-4-16-17-15(18-21-16)10-19-8-7-12-9-13(20-11(2)3)5-6-14(12)19/h5-9,11H,4,10H2,1-3H3. The van der Waals surface area contributed by atoms with Crippen molar-refractivity contribution in [3.05, 3.63) is 42.2 Å². The van der Waals surface area contributed by atoms with Crippen LogP contribution in [0.5, 0.6) is 5.75 Å². The van der Waals surface area contributed by atoms with Crippen LogP contribution >= 0.6 is 0 Å². The molecular weight excluding hydrogens is 266 g/mol. The van der Waals surface area contributed by atoms with Gasteiger partial charge in [-0.15, -0.1) is 0 Å². The lowest BCUT2D eigenvalue weighted by atomic mass is 10.2. The molecule has 0 amide bonds. The van der Waals surface area contributed by atoms with E-state index >= 15 is 0 Å². The smallest absolute Gasteiger partial charge is 0.226 e. The normalized spacial score (nSPS) is 11.4. The van der Waals surface area contributed by atoms with Gasteiger partial charge in [0.05, 0.1) is 12.6 Å². The first-order valence-corrected chi connectivity index (χ1v) is 7.22. The Morgan fingerprint density at radius 2 is 2.14 bits per heavy atom. The Hall–Kier alpha value is -2.30. The number of benzene rings is 1. The fourth-order valence-corrected chi connectivity index (χ4v) is 2.31. The van der Waals surface area contributed by atoms with Gasteiger partial charge >= 0.3 is 0 Å². The van der Waals surface area contributed by atoms with Crippen LogP contribution in [0.1, 0.15) is 32.5 Å². The highest BCUT2D eigenvalue weighted by Gasteiger charge is 2.08. The summed E-state index contributed by atoms with van der Waals surface area (Å²) in [6.45, 7) is 6.66. The van der Waals surface area contributed by atoms with E-state index in [9.17, 15) is 0 Å². The SMILES string of the molecule is CCc1nc(Cn2ccc3cc(OC(C)C)ccc32)no1. The summed E-state index contributed by atoms with van der Waals surface area (Å²) in [5.41, 5.74) is 1.13. The lowest BCUT2D eigenvalue weighted by molar-refractivity contribution is 0.243. The molecule has 0 bridgehead atoms. The Morgan fingerprint density at radius 3 is 2.86 bits per heavy atom. The fraction of sp³-hybridized carbons (Fsp3) is 0.375. The minimum Gasteiger partial charge on any atom is -0.491 e. The second kappa shape index (κ2) is 5.60. The number of fused-ring (bicyclic) bond motifs is 1. The van der Waals surface area contributed by atoms with Gasteiger partial charge in [-0.05, 0) is 38.1 Å². The zero-order valence-electron chi connectivity index (χ0n) is 12.5. The molecule has 1 aromatic carbocycles. The first kappa shape index (κ1) is 13.7. The summed E-state index contributed by atoms with van der Waals surface area (Å²) in [6.07, 6.45) is 2.97. The molecule has 110 valence electrons. The zero-order chi connectivity index (χ0) is 14.8. The maximum absolute atomic E-state index is 5.72. The monoisotopic (exact) mass is 285 g/mol. The van der Waals surface area contributed by atoms with Crippen LogP contribution in [0.2, 0.25) is 0 Å².